The maximum absolute atomic E-state index is 14.4. The number of benzene rings is 2. The molecule has 2 aromatic carbocycles. The van der Waals surface area contributed by atoms with Crippen molar-refractivity contribution in [3.63, 3.8) is 0 Å². The number of rotatable bonds is 7. The topological polar surface area (TPSA) is 82.8 Å². The number of amides is 2. The molecule has 0 N–H and O–H groups in total. The maximum Gasteiger partial charge on any atom is 0.257 e. The van der Waals surface area contributed by atoms with Gasteiger partial charge in [-0.1, -0.05) is 42.0 Å². The van der Waals surface area contributed by atoms with Gasteiger partial charge in [0.1, 0.15) is 18.1 Å². The molecule has 1 aliphatic rings. The van der Waals surface area contributed by atoms with Crippen LogP contribution in [-0.4, -0.2) is 64.5 Å². The summed E-state index contributed by atoms with van der Waals surface area (Å²) < 4.78 is 19.8. The molecule has 9 heteroatoms. The Kier molecular flexibility index (Phi) is 7.96. The van der Waals surface area contributed by atoms with Crippen LogP contribution in [0.3, 0.4) is 0 Å². The van der Waals surface area contributed by atoms with Crippen LogP contribution in [0.5, 0.6) is 0 Å². The van der Waals surface area contributed by atoms with Crippen LogP contribution in [0.15, 0.2) is 83.5 Å². The Morgan fingerprint density at radius 3 is 2.46 bits per heavy atom. The van der Waals surface area contributed by atoms with Gasteiger partial charge in [-0.15, -0.1) is 10.2 Å². The highest BCUT2D eigenvalue weighted by atomic mass is 19.1. The summed E-state index contributed by atoms with van der Waals surface area (Å²) in [4.78, 5) is 31.7. The quantitative estimate of drug-likeness (QED) is 0.350. The Morgan fingerprint density at radius 1 is 0.923 bits per heavy atom. The number of anilines is 1. The summed E-state index contributed by atoms with van der Waals surface area (Å²) in [6.45, 7) is 4.27. The minimum Gasteiger partial charge on any atom is -0.467 e. The van der Waals surface area contributed by atoms with E-state index in [0.717, 1.165) is 30.0 Å². The molecule has 0 saturated carbocycles. The monoisotopic (exact) mass is 527 g/mol. The van der Waals surface area contributed by atoms with Crippen LogP contribution in [-0.2, 0) is 11.3 Å². The lowest BCUT2D eigenvalue weighted by Crippen LogP contribution is -2.44. The van der Waals surface area contributed by atoms with Gasteiger partial charge >= 0.3 is 0 Å². The minimum atomic E-state index is -0.626. The lowest BCUT2D eigenvalue weighted by Gasteiger charge is -2.27. The van der Waals surface area contributed by atoms with Crippen molar-refractivity contribution < 1.29 is 18.4 Å². The predicted octanol–water partition coefficient (Wildman–Crippen LogP) is 4.57. The number of nitrogens with zero attached hydrogens (tertiary/aromatic N) is 5. The largest absolute Gasteiger partial charge is 0.467 e. The summed E-state index contributed by atoms with van der Waals surface area (Å²) in [5, 5.41) is 8.85. The van der Waals surface area contributed by atoms with E-state index in [9.17, 15) is 14.0 Å². The van der Waals surface area contributed by atoms with Gasteiger partial charge in [-0.2, -0.15) is 0 Å². The summed E-state index contributed by atoms with van der Waals surface area (Å²) in [7, 11) is 0. The van der Waals surface area contributed by atoms with E-state index in [1.807, 2.05) is 43.3 Å². The average molecular weight is 528 g/mol. The summed E-state index contributed by atoms with van der Waals surface area (Å²) in [5.74, 6) is -0.108. The predicted molar refractivity (Wildman–Crippen MR) is 145 cm³/mol. The molecule has 8 nitrogen and oxygen atoms in total. The second kappa shape index (κ2) is 11.9. The third kappa shape index (κ3) is 6.31. The molecule has 1 aliphatic heterocycles. The van der Waals surface area contributed by atoms with Gasteiger partial charge < -0.3 is 19.1 Å². The number of aromatic nitrogens is 2. The maximum atomic E-state index is 14.4. The van der Waals surface area contributed by atoms with Crippen molar-refractivity contribution in [2.75, 3.05) is 37.6 Å². The van der Waals surface area contributed by atoms with Gasteiger partial charge in [-0.25, -0.2) is 4.39 Å². The summed E-state index contributed by atoms with van der Waals surface area (Å²) >= 11 is 0. The Balaban J connectivity index is 1.24. The van der Waals surface area contributed by atoms with Gasteiger partial charge in [0.2, 0.25) is 5.91 Å². The van der Waals surface area contributed by atoms with E-state index in [0.29, 0.717) is 25.4 Å². The van der Waals surface area contributed by atoms with Crippen LogP contribution < -0.4 is 4.90 Å². The average Bonchev–Trinajstić information content (AvgIpc) is 3.34. The van der Waals surface area contributed by atoms with E-state index >= 15 is 0 Å². The van der Waals surface area contributed by atoms with Crippen molar-refractivity contribution in [1.29, 1.82) is 0 Å². The SMILES string of the molecule is Cc1ccc(-c2ccc(N3CCCN(C(=O)CN(Cc4ccco4)C(=O)c4ccccc4F)CC3)nn2)cc1. The molecular weight excluding hydrogens is 497 g/mol. The molecule has 200 valence electrons. The summed E-state index contributed by atoms with van der Waals surface area (Å²) in [6.07, 6.45) is 2.25. The first-order valence-corrected chi connectivity index (χ1v) is 13.0. The molecular formula is C30H30FN5O3. The number of carbonyl (C=O) groups excluding carboxylic acids is 2. The van der Waals surface area contributed by atoms with Crippen LogP contribution in [0.2, 0.25) is 0 Å². The van der Waals surface area contributed by atoms with Crippen molar-refractivity contribution in [1.82, 2.24) is 20.0 Å². The van der Waals surface area contributed by atoms with Crippen molar-refractivity contribution in [2.45, 2.75) is 19.9 Å². The van der Waals surface area contributed by atoms with Crippen LogP contribution in [0.4, 0.5) is 10.2 Å². The first-order valence-electron chi connectivity index (χ1n) is 13.0. The van der Waals surface area contributed by atoms with Gasteiger partial charge in [-0.05, 0) is 49.7 Å². The van der Waals surface area contributed by atoms with Crippen LogP contribution in [0, 0.1) is 12.7 Å². The second-order valence-corrected chi connectivity index (χ2v) is 9.58. The van der Waals surface area contributed by atoms with Gasteiger partial charge in [0, 0.05) is 31.7 Å². The van der Waals surface area contributed by atoms with Gasteiger partial charge in [0.15, 0.2) is 5.82 Å². The molecule has 1 saturated heterocycles. The highest BCUT2D eigenvalue weighted by Crippen LogP contribution is 2.20. The smallest absolute Gasteiger partial charge is 0.257 e. The number of aryl methyl sites for hydroxylation is 1. The van der Waals surface area contributed by atoms with Crippen molar-refractivity contribution in [3.8, 4) is 11.3 Å². The zero-order chi connectivity index (χ0) is 27.2. The second-order valence-electron chi connectivity index (χ2n) is 9.58. The van der Waals surface area contributed by atoms with E-state index < -0.39 is 11.7 Å². The number of furan rings is 1. The van der Waals surface area contributed by atoms with Gasteiger partial charge in [0.25, 0.3) is 5.91 Å². The summed E-state index contributed by atoms with van der Waals surface area (Å²) in [5.41, 5.74) is 2.93. The van der Waals surface area contributed by atoms with Crippen LogP contribution >= 0.6 is 0 Å². The van der Waals surface area contributed by atoms with E-state index in [4.69, 9.17) is 4.42 Å². The Labute approximate surface area is 226 Å². The number of halogens is 1. The zero-order valence-corrected chi connectivity index (χ0v) is 21.8. The molecule has 0 atom stereocenters. The first kappa shape index (κ1) is 26.1. The van der Waals surface area contributed by atoms with Gasteiger partial charge in [0.05, 0.1) is 24.1 Å². The lowest BCUT2D eigenvalue weighted by molar-refractivity contribution is -0.131. The number of hydrogen-bond acceptors (Lipinski definition) is 6. The minimum absolute atomic E-state index is 0.0643. The molecule has 0 radical (unpaired) electrons. The molecule has 3 heterocycles. The fourth-order valence-corrected chi connectivity index (χ4v) is 4.63. The standard InChI is InChI=1S/C30H30FN5O3/c1-22-9-11-23(12-10-22)27-13-14-28(33-32-27)34-15-5-16-35(18-17-34)29(37)21-36(20-24-6-4-19-39-24)30(38)25-7-2-3-8-26(25)31/h2-4,6-14,19H,5,15-18,20-21H2,1H3. The summed E-state index contributed by atoms with van der Waals surface area (Å²) in [6, 6.07) is 21.3. The van der Waals surface area contributed by atoms with Crippen molar-refractivity contribution in [3.05, 3.63) is 102 Å². The lowest BCUT2D eigenvalue weighted by atomic mass is 10.1. The third-order valence-corrected chi connectivity index (χ3v) is 6.81. The van der Waals surface area contributed by atoms with E-state index in [-0.39, 0.29) is 24.6 Å². The molecule has 0 aliphatic carbocycles. The zero-order valence-electron chi connectivity index (χ0n) is 21.8. The van der Waals surface area contributed by atoms with E-state index in [1.165, 1.54) is 34.9 Å². The Hall–Kier alpha value is -4.53. The Bertz CT molecular complexity index is 1410. The molecule has 4 aromatic rings. The molecule has 1 fully saturated rings. The molecule has 0 spiro atoms. The first-order chi connectivity index (χ1) is 19.0. The fourth-order valence-electron chi connectivity index (χ4n) is 4.63. The van der Waals surface area contributed by atoms with Crippen molar-refractivity contribution in [2.24, 2.45) is 0 Å². The Morgan fingerprint density at radius 2 is 1.74 bits per heavy atom. The normalized spacial score (nSPS) is 13.7. The molecule has 2 amide bonds. The molecule has 5 rings (SSSR count). The molecule has 0 unspecified atom stereocenters. The fraction of sp³-hybridized carbons (Fsp3) is 0.267. The molecule has 39 heavy (non-hydrogen) atoms. The van der Waals surface area contributed by atoms with E-state index in [1.54, 1.807) is 23.1 Å². The molecule has 0 bridgehead atoms. The van der Waals surface area contributed by atoms with Crippen molar-refractivity contribution >= 4 is 17.6 Å². The van der Waals surface area contributed by atoms with Crippen LogP contribution in [0.25, 0.3) is 11.3 Å². The number of hydrogen-bond donors (Lipinski definition) is 0. The van der Waals surface area contributed by atoms with Gasteiger partial charge in [-0.3, -0.25) is 9.59 Å². The third-order valence-electron chi connectivity index (χ3n) is 6.81. The highest BCUT2D eigenvalue weighted by molar-refractivity contribution is 5.96. The number of carbonyl (C=O) groups is 2. The van der Waals surface area contributed by atoms with Crippen LogP contribution in [0.1, 0.15) is 28.1 Å². The highest BCUT2D eigenvalue weighted by Gasteiger charge is 2.26. The molecule has 2 aromatic heterocycles. The van der Waals surface area contributed by atoms with E-state index in [2.05, 4.69) is 15.1 Å².